The van der Waals surface area contributed by atoms with E-state index < -0.39 is 5.60 Å². The van der Waals surface area contributed by atoms with Crippen molar-refractivity contribution in [2.45, 2.75) is 25.0 Å². The van der Waals surface area contributed by atoms with Crippen LogP contribution in [-0.2, 0) is 11.3 Å². The van der Waals surface area contributed by atoms with Gasteiger partial charge in [0, 0.05) is 48.5 Å². The molecule has 0 bridgehead atoms. The zero-order valence-electron chi connectivity index (χ0n) is 9.34. The zero-order chi connectivity index (χ0) is 12.3. The van der Waals surface area contributed by atoms with Gasteiger partial charge in [-0.15, -0.1) is 11.3 Å². The van der Waals surface area contributed by atoms with Crippen molar-refractivity contribution in [2.24, 2.45) is 0 Å². The van der Waals surface area contributed by atoms with Crippen LogP contribution in [0.1, 0.15) is 17.7 Å². The van der Waals surface area contributed by atoms with E-state index in [9.17, 15) is 5.11 Å². The lowest BCUT2D eigenvalue weighted by atomic mass is 9.94. The summed E-state index contributed by atoms with van der Waals surface area (Å²) in [4.78, 5) is 1.25. The first-order valence-corrected chi connectivity index (χ1v) is 7.94. The van der Waals surface area contributed by atoms with Crippen LogP contribution >= 0.6 is 43.2 Å². The van der Waals surface area contributed by atoms with Crippen molar-refractivity contribution in [3.8, 4) is 0 Å². The Kier molecular flexibility index (Phi) is 5.03. The smallest absolute Gasteiger partial charge is 0.0843 e. The van der Waals surface area contributed by atoms with Crippen LogP contribution in [-0.4, -0.2) is 30.5 Å². The van der Waals surface area contributed by atoms with Crippen LogP contribution in [0.25, 0.3) is 0 Å². The summed E-state index contributed by atoms with van der Waals surface area (Å²) in [5.74, 6) is 0. The number of hydrogen-bond acceptors (Lipinski definition) is 4. The Hall–Kier alpha value is 0.540. The molecule has 96 valence electrons. The molecule has 1 aromatic rings. The van der Waals surface area contributed by atoms with E-state index in [2.05, 4.69) is 43.2 Å². The molecule has 0 saturated carbocycles. The van der Waals surface area contributed by atoms with Gasteiger partial charge < -0.3 is 15.2 Å². The number of ether oxygens (including phenoxy) is 1. The molecule has 1 fully saturated rings. The minimum Gasteiger partial charge on any atom is -0.388 e. The topological polar surface area (TPSA) is 41.5 Å². The normalized spacial score (nSPS) is 19.5. The molecule has 6 heteroatoms. The lowest BCUT2D eigenvalue weighted by Crippen LogP contribution is -2.44. The second kappa shape index (κ2) is 6.12. The first-order valence-electron chi connectivity index (χ1n) is 5.54. The molecule has 17 heavy (non-hydrogen) atoms. The van der Waals surface area contributed by atoms with Crippen molar-refractivity contribution in [1.29, 1.82) is 0 Å². The summed E-state index contributed by atoms with van der Waals surface area (Å²) in [6.45, 7) is 2.74. The fourth-order valence-corrected chi connectivity index (χ4v) is 3.97. The second-order valence-electron chi connectivity index (χ2n) is 4.27. The Labute approximate surface area is 122 Å². The number of halogens is 2. The molecule has 1 aliphatic heterocycles. The van der Waals surface area contributed by atoms with Gasteiger partial charge in [0.15, 0.2) is 0 Å². The Bertz CT molecular complexity index is 358. The number of aliphatic hydroxyl groups is 1. The molecule has 0 aromatic carbocycles. The highest BCUT2D eigenvalue weighted by atomic mass is 79.9. The number of hydrogen-bond donors (Lipinski definition) is 2. The van der Waals surface area contributed by atoms with Crippen molar-refractivity contribution in [3.63, 3.8) is 0 Å². The van der Waals surface area contributed by atoms with E-state index in [-0.39, 0.29) is 0 Å². The van der Waals surface area contributed by atoms with Gasteiger partial charge in [0.25, 0.3) is 0 Å². The Balaban J connectivity index is 1.78. The fraction of sp³-hybridized carbons (Fsp3) is 0.636. The van der Waals surface area contributed by atoms with Gasteiger partial charge in [-0.05, 0) is 37.9 Å². The molecule has 2 heterocycles. The lowest BCUT2D eigenvalue weighted by molar-refractivity contribution is -0.0616. The van der Waals surface area contributed by atoms with Crippen LogP contribution in [0.4, 0.5) is 0 Å². The van der Waals surface area contributed by atoms with Crippen molar-refractivity contribution >= 4 is 43.2 Å². The summed E-state index contributed by atoms with van der Waals surface area (Å²) in [5.41, 5.74) is -0.593. The van der Waals surface area contributed by atoms with E-state index in [0.29, 0.717) is 19.8 Å². The third kappa shape index (κ3) is 4.01. The molecule has 3 nitrogen and oxygen atoms in total. The molecule has 0 aliphatic carbocycles. The van der Waals surface area contributed by atoms with Crippen LogP contribution in [0.2, 0.25) is 0 Å². The standard InChI is InChI=1S/C11H15Br2NO2S/c12-9-5-8(17-10(9)13)6-14-7-11(15)1-3-16-4-2-11/h5,14-15H,1-4,6-7H2. The summed E-state index contributed by atoms with van der Waals surface area (Å²) < 4.78 is 7.45. The highest BCUT2D eigenvalue weighted by Crippen LogP contribution is 2.32. The minimum absolute atomic E-state index is 0.593. The van der Waals surface area contributed by atoms with Crippen LogP contribution < -0.4 is 5.32 Å². The third-order valence-electron chi connectivity index (χ3n) is 2.87. The Morgan fingerprint density at radius 1 is 1.41 bits per heavy atom. The molecule has 1 saturated heterocycles. The predicted molar refractivity (Wildman–Crippen MR) is 76.4 cm³/mol. The third-order valence-corrected chi connectivity index (χ3v) is 6.13. The van der Waals surface area contributed by atoms with Gasteiger partial charge in [-0.1, -0.05) is 0 Å². The molecule has 1 aromatic heterocycles. The van der Waals surface area contributed by atoms with Crippen LogP contribution in [0, 0.1) is 0 Å². The van der Waals surface area contributed by atoms with Crippen molar-refractivity contribution in [3.05, 3.63) is 19.2 Å². The van der Waals surface area contributed by atoms with E-state index >= 15 is 0 Å². The van der Waals surface area contributed by atoms with Gasteiger partial charge in [0.05, 0.1) is 9.39 Å². The SMILES string of the molecule is OC1(CNCc2cc(Br)c(Br)s2)CCOCC1. The van der Waals surface area contributed by atoms with E-state index in [0.717, 1.165) is 27.6 Å². The van der Waals surface area contributed by atoms with Gasteiger partial charge in [-0.2, -0.15) is 0 Å². The molecule has 0 spiro atoms. The van der Waals surface area contributed by atoms with Crippen LogP contribution in [0.3, 0.4) is 0 Å². The summed E-state index contributed by atoms with van der Waals surface area (Å²) in [6.07, 6.45) is 1.44. The number of thiophene rings is 1. The second-order valence-corrected chi connectivity index (χ2v) is 7.58. The molecule has 0 amide bonds. The number of rotatable bonds is 4. The maximum absolute atomic E-state index is 10.3. The minimum atomic E-state index is -0.593. The van der Waals surface area contributed by atoms with E-state index in [1.54, 1.807) is 11.3 Å². The lowest BCUT2D eigenvalue weighted by Gasteiger charge is -2.32. The number of nitrogens with one attached hydrogen (secondary N) is 1. The van der Waals surface area contributed by atoms with E-state index in [1.165, 1.54) is 4.88 Å². The summed E-state index contributed by atoms with van der Waals surface area (Å²) in [7, 11) is 0. The van der Waals surface area contributed by atoms with Crippen molar-refractivity contribution in [2.75, 3.05) is 19.8 Å². The molecule has 2 N–H and O–H groups in total. The van der Waals surface area contributed by atoms with Crippen molar-refractivity contribution < 1.29 is 9.84 Å². The molecular formula is C11H15Br2NO2S. The van der Waals surface area contributed by atoms with Crippen molar-refractivity contribution in [1.82, 2.24) is 5.32 Å². The molecule has 0 atom stereocenters. The molecule has 0 radical (unpaired) electrons. The van der Waals surface area contributed by atoms with Gasteiger partial charge in [-0.25, -0.2) is 0 Å². The average molecular weight is 385 g/mol. The maximum Gasteiger partial charge on any atom is 0.0843 e. The monoisotopic (exact) mass is 383 g/mol. The molecule has 0 unspecified atom stereocenters. The molecular weight excluding hydrogens is 370 g/mol. The molecule has 2 rings (SSSR count). The summed E-state index contributed by atoms with van der Waals surface area (Å²) in [5, 5.41) is 13.6. The quantitative estimate of drug-likeness (QED) is 0.838. The largest absolute Gasteiger partial charge is 0.388 e. The Morgan fingerprint density at radius 3 is 2.71 bits per heavy atom. The van der Waals surface area contributed by atoms with Gasteiger partial charge in [0.1, 0.15) is 0 Å². The highest BCUT2D eigenvalue weighted by Gasteiger charge is 2.29. The van der Waals surface area contributed by atoms with Gasteiger partial charge >= 0.3 is 0 Å². The van der Waals surface area contributed by atoms with E-state index in [4.69, 9.17) is 4.74 Å². The summed E-state index contributed by atoms with van der Waals surface area (Å²) in [6, 6.07) is 2.09. The Morgan fingerprint density at radius 2 is 2.12 bits per heavy atom. The average Bonchev–Trinajstić information content (AvgIpc) is 2.59. The van der Waals surface area contributed by atoms with Crippen LogP contribution in [0.15, 0.2) is 14.3 Å². The van der Waals surface area contributed by atoms with Gasteiger partial charge in [0.2, 0.25) is 0 Å². The van der Waals surface area contributed by atoms with Crippen LogP contribution in [0.5, 0.6) is 0 Å². The van der Waals surface area contributed by atoms with Gasteiger partial charge in [-0.3, -0.25) is 0 Å². The summed E-state index contributed by atoms with van der Waals surface area (Å²) >= 11 is 8.64. The fourth-order valence-electron chi connectivity index (χ4n) is 1.83. The first-order chi connectivity index (χ1) is 8.09. The first kappa shape index (κ1) is 14.0. The molecule has 1 aliphatic rings. The zero-order valence-corrected chi connectivity index (χ0v) is 13.3. The maximum atomic E-state index is 10.3. The van der Waals surface area contributed by atoms with E-state index in [1.807, 2.05) is 0 Å². The predicted octanol–water partition coefficient (Wildman–Crippen LogP) is 2.90. The highest BCUT2D eigenvalue weighted by molar-refractivity contribution is 9.13.